The zero-order chi connectivity index (χ0) is 21.6. The SMILES string of the molecule is O=C(Cn1cnc2ccccc2c1=O)OCC(=O)N(c1ccccc1)C1CCCCC1. The van der Waals surface area contributed by atoms with E-state index in [4.69, 9.17) is 4.74 Å². The summed E-state index contributed by atoms with van der Waals surface area (Å²) in [6, 6.07) is 16.5. The number of fused-ring (bicyclic) bond motifs is 1. The van der Waals surface area contributed by atoms with Crippen molar-refractivity contribution in [2.24, 2.45) is 0 Å². The highest BCUT2D eigenvalue weighted by Gasteiger charge is 2.27. The van der Waals surface area contributed by atoms with Gasteiger partial charge in [-0.1, -0.05) is 49.6 Å². The van der Waals surface area contributed by atoms with Crippen LogP contribution in [0.15, 0.2) is 65.7 Å². The van der Waals surface area contributed by atoms with Crippen LogP contribution in [0.3, 0.4) is 0 Å². The number of hydrogen-bond donors (Lipinski definition) is 0. The Morgan fingerprint density at radius 2 is 1.71 bits per heavy atom. The standard InChI is InChI=1S/C24H25N3O4/c28-22(27(18-9-3-1-4-10-18)19-11-5-2-6-12-19)16-31-23(29)15-26-17-25-21-14-8-7-13-20(21)24(26)30/h1,3-4,7-10,13-14,17,19H,2,5-6,11-12,15-16H2. The molecular weight excluding hydrogens is 394 g/mol. The summed E-state index contributed by atoms with van der Waals surface area (Å²) in [5.41, 5.74) is 1.06. The Balaban J connectivity index is 1.43. The summed E-state index contributed by atoms with van der Waals surface area (Å²) in [5, 5.41) is 0.432. The zero-order valence-corrected chi connectivity index (χ0v) is 17.3. The Hall–Kier alpha value is -3.48. The lowest BCUT2D eigenvalue weighted by Gasteiger charge is -2.34. The molecule has 2 aromatic carbocycles. The van der Waals surface area contributed by atoms with Gasteiger partial charge in [0.2, 0.25) is 0 Å². The predicted octanol–water partition coefficient (Wildman–Crippen LogP) is 3.31. The van der Waals surface area contributed by atoms with Crippen molar-refractivity contribution in [1.82, 2.24) is 9.55 Å². The number of para-hydroxylation sites is 2. The van der Waals surface area contributed by atoms with Gasteiger partial charge in [0.25, 0.3) is 11.5 Å². The van der Waals surface area contributed by atoms with Crippen LogP contribution in [-0.2, 0) is 20.9 Å². The number of esters is 1. The molecule has 1 fully saturated rings. The van der Waals surface area contributed by atoms with Crippen LogP contribution < -0.4 is 10.5 Å². The number of benzene rings is 2. The van der Waals surface area contributed by atoms with Crippen LogP contribution in [0, 0.1) is 0 Å². The molecule has 0 bridgehead atoms. The van der Waals surface area contributed by atoms with E-state index in [0.717, 1.165) is 31.4 Å². The molecule has 1 saturated carbocycles. The summed E-state index contributed by atoms with van der Waals surface area (Å²) < 4.78 is 6.45. The molecule has 0 spiro atoms. The van der Waals surface area contributed by atoms with Crippen LogP contribution >= 0.6 is 0 Å². The van der Waals surface area contributed by atoms with Gasteiger partial charge >= 0.3 is 5.97 Å². The lowest BCUT2D eigenvalue weighted by atomic mass is 9.93. The van der Waals surface area contributed by atoms with Crippen molar-refractivity contribution in [2.75, 3.05) is 11.5 Å². The summed E-state index contributed by atoms with van der Waals surface area (Å²) in [7, 11) is 0. The molecule has 0 unspecified atom stereocenters. The van der Waals surface area contributed by atoms with E-state index in [-0.39, 0.29) is 30.7 Å². The van der Waals surface area contributed by atoms with Crippen molar-refractivity contribution < 1.29 is 14.3 Å². The minimum Gasteiger partial charge on any atom is -0.454 e. The smallest absolute Gasteiger partial charge is 0.326 e. The van der Waals surface area contributed by atoms with Crippen molar-refractivity contribution in [1.29, 1.82) is 0 Å². The van der Waals surface area contributed by atoms with Crippen molar-refractivity contribution in [3.05, 3.63) is 71.3 Å². The highest BCUT2D eigenvalue weighted by atomic mass is 16.5. The maximum Gasteiger partial charge on any atom is 0.326 e. The second kappa shape index (κ2) is 9.55. The summed E-state index contributed by atoms with van der Waals surface area (Å²) in [5.74, 6) is -0.903. The predicted molar refractivity (Wildman–Crippen MR) is 118 cm³/mol. The maximum absolute atomic E-state index is 13.0. The van der Waals surface area contributed by atoms with Gasteiger partial charge in [0, 0.05) is 11.7 Å². The highest BCUT2D eigenvalue weighted by Crippen LogP contribution is 2.27. The van der Waals surface area contributed by atoms with Crippen LogP contribution in [0.25, 0.3) is 10.9 Å². The lowest BCUT2D eigenvalue weighted by Crippen LogP contribution is -2.44. The van der Waals surface area contributed by atoms with Gasteiger partial charge < -0.3 is 9.64 Å². The summed E-state index contributed by atoms with van der Waals surface area (Å²) in [6.07, 6.45) is 6.54. The molecule has 0 N–H and O–H groups in total. The third-order valence-corrected chi connectivity index (χ3v) is 5.63. The van der Waals surface area contributed by atoms with E-state index >= 15 is 0 Å². The van der Waals surface area contributed by atoms with Gasteiger partial charge in [-0.3, -0.25) is 19.0 Å². The number of rotatable bonds is 6. The van der Waals surface area contributed by atoms with Crippen molar-refractivity contribution in [3.63, 3.8) is 0 Å². The molecule has 0 atom stereocenters. The molecule has 3 aromatic rings. The molecule has 160 valence electrons. The number of amides is 1. The molecule has 1 aliphatic rings. The molecule has 1 heterocycles. The molecule has 1 aromatic heterocycles. The van der Waals surface area contributed by atoms with Gasteiger partial charge in [-0.2, -0.15) is 0 Å². The molecule has 1 aliphatic carbocycles. The Kier molecular flexibility index (Phi) is 6.40. The highest BCUT2D eigenvalue weighted by molar-refractivity contribution is 5.95. The third-order valence-electron chi connectivity index (χ3n) is 5.63. The fourth-order valence-corrected chi connectivity index (χ4v) is 4.10. The number of ether oxygens (including phenoxy) is 1. The van der Waals surface area contributed by atoms with Gasteiger partial charge in [-0.05, 0) is 37.1 Å². The molecule has 7 nitrogen and oxygen atoms in total. The van der Waals surface area contributed by atoms with E-state index < -0.39 is 5.97 Å². The number of hydrogen-bond acceptors (Lipinski definition) is 5. The van der Waals surface area contributed by atoms with E-state index in [9.17, 15) is 14.4 Å². The van der Waals surface area contributed by atoms with Gasteiger partial charge in [-0.25, -0.2) is 4.98 Å². The zero-order valence-electron chi connectivity index (χ0n) is 17.3. The number of carbonyl (C=O) groups is 2. The van der Waals surface area contributed by atoms with E-state index in [1.165, 1.54) is 17.3 Å². The number of anilines is 1. The van der Waals surface area contributed by atoms with Crippen LogP contribution in [0.4, 0.5) is 5.69 Å². The third kappa shape index (κ3) is 4.82. The van der Waals surface area contributed by atoms with E-state index in [2.05, 4.69) is 4.98 Å². The van der Waals surface area contributed by atoms with Crippen molar-refractivity contribution >= 4 is 28.5 Å². The first-order valence-corrected chi connectivity index (χ1v) is 10.6. The quantitative estimate of drug-likeness (QED) is 0.573. The van der Waals surface area contributed by atoms with Crippen LogP contribution in [0.1, 0.15) is 32.1 Å². The maximum atomic E-state index is 13.0. The molecule has 31 heavy (non-hydrogen) atoms. The minimum atomic E-state index is -0.649. The minimum absolute atomic E-state index is 0.106. The summed E-state index contributed by atoms with van der Waals surface area (Å²) in [6.45, 7) is -0.654. The van der Waals surface area contributed by atoms with Gasteiger partial charge in [0.05, 0.1) is 17.2 Å². The van der Waals surface area contributed by atoms with Gasteiger partial charge in [0.15, 0.2) is 6.61 Å². The van der Waals surface area contributed by atoms with Gasteiger partial charge in [-0.15, -0.1) is 0 Å². The average Bonchev–Trinajstić information content (AvgIpc) is 2.81. The fourth-order valence-electron chi connectivity index (χ4n) is 4.10. The lowest BCUT2D eigenvalue weighted by molar-refractivity contribution is -0.148. The Morgan fingerprint density at radius 3 is 2.48 bits per heavy atom. The largest absolute Gasteiger partial charge is 0.454 e. The second-order valence-electron chi connectivity index (χ2n) is 7.75. The summed E-state index contributed by atoms with van der Waals surface area (Å²) in [4.78, 5) is 43.9. The van der Waals surface area contributed by atoms with Crippen molar-refractivity contribution in [3.8, 4) is 0 Å². The molecule has 1 amide bonds. The number of carbonyl (C=O) groups excluding carboxylic acids is 2. The van der Waals surface area contributed by atoms with Crippen molar-refractivity contribution in [2.45, 2.75) is 44.7 Å². The molecule has 0 radical (unpaired) electrons. The van der Waals surface area contributed by atoms with E-state index in [0.29, 0.717) is 10.9 Å². The first kappa shape index (κ1) is 20.8. The topological polar surface area (TPSA) is 81.5 Å². The molecule has 7 heteroatoms. The average molecular weight is 419 g/mol. The summed E-state index contributed by atoms with van der Waals surface area (Å²) >= 11 is 0. The molecule has 0 saturated heterocycles. The van der Waals surface area contributed by atoms with E-state index in [1.54, 1.807) is 29.2 Å². The van der Waals surface area contributed by atoms with E-state index in [1.807, 2.05) is 30.3 Å². The second-order valence-corrected chi connectivity index (χ2v) is 7.75. The number of aromatic nitrogens is 2. The monoisotopic (exact) mass is 419 g/mol. The van der Waals surface area contributed by atoms with Crippen LogP contribution in [0.2, 0.25) is 0 Å². The molecule has 0 aliphatic heterocycles. The molecule has 4 rings (SSSR count). The fraction of sp³-hybridized carbons (Fsp3) is 0.333. The number of nitrogens with zero attached hydrogens (tertiary/aromatic N) is 3. The Bertz CT molecular complexity index is 1120. The first-order valence-electron chi connectivity index (χ1n) is 10.6. The Morgan fingerprint density at radius 1 is 1.00 bits per heavy atom. The van der Waals surface area contributed by atoms with Gasteiger partial charge in [0.1, 0.15) is 6.54 Å². The first-order chi connectivity index (χ1) is 15.1. The van der Waals surface area contributed by atoms with Crippen LogP contribution in [0.5, 0.6) is 0 Å². The molecular formula is C24H25N3O4. The normalized spacial score (nSPS) is 14.3. The Labute approximate surface area is 180 Å². The van der Waals surface area contributed by atoms with Crippen LogP contribution in [-0.4, -0.2) is 34.1 Å².